The smallest absolute Gasteiger partial charge is 0.0456 e. The highest BCUT2D eigenvalue weighted by molar-refractivity contribution is 6.31. The summed E-state index contributed by atoms with van der Waals surface area (Å²) in [5.41, 5.74) is 9.08. The van der Waals surface area contributed by atoms with E-state index in [0.29, 0.717) is 5.41 Å². The molecule has 2 heteroatoms. The molecule has 0 aromatic heterocycles. The van der Waals surface area contributed by atoms with Gasteiger partial charge in [-0.05, 0) is 48.3 Å². The predicted molar refractivity (Wildman–Crippen MR) is 69.9 cm³/mol. The molecule has 0 spiro atoms. The van der Waals surface area contributed by atoms with Crippen molar-refractivity contribution in [2.75, 3.05) is 0 Å². The van der Waals surface area contributed by atoms with E-state index in [-0.39, 0.29) is 6.04 Å². The van der Waals surface area contributed by atoms with Crippen molar-refractivity contribution >= 4 is 11.6 Å². The van der Waals surface area contributed by atoms with Gasteiger partial charge < -0.3 is 5.73 Å². The Balaban J connectivity index is 2.60. The fourth-order valence-corrected chi connectivity index (χ4v) is 3.39. The molecule has 1 atom stereocenters. The lowest BCUT2D eigenvalue weighted by Gasteiger charge is -2.40. The molecule has 88 valence electrons. The molecule has 0 fully saturated rings. The zero-order valence-electron chi connectivity index (χ0n) is 10.1. The van der Waals surface area contributed by atoms with Crippen molar-refractivity contribution in [3.63, 3.8) is 0 Å². The molecule has 0 bridgehead atoms. The van der Waals surface area contributed by atoms with Crippen molar-refractivity contribution in [2.24, 2.45) is 5.73 Å². The molecule has 0 amide bonds. The second-order valence-electron chi connectivity index (χ2n) is 4.83. The molecule has 1 aromatic carbocycles. The molecule has 0 saturated carbocycles. The molecular formula is C14H20ClN. The van der Waals surface area contributed by atoms with E-state index in [1.54, 1.807) is 0 Å². The van der Waals surface area contributed by atoms with Crippen LogP contribution in [0.4, 0.5) is 0 Å². The Morgan fingerprint density at radius 1 is 1.38 bits per heavy atom. The van der Waals surface area contributed by atoms with Crippen molar-refractivity contribution in [1.82, 2.24) is 0 Å². The molecule has 1 aromatic rings. The first-order valence-corrected chi connectivity index (χ1v) is 6.57. The van der Waals surface area contributed by atoms with Crippen molar-refractivity contribution < 1.29 is 0 Å². The number of hydrogen-bond acceptors (Lipinski definition) is 1. The first-order valence-electron chi connectivity index (χ1n) is 6.19. The molecule has 1 aliphatic carbocycles. The van der Waals surface area contributed by atoms with Gasteiger partial charge in [0.1, 0.15) is 0 Å². The van der Waals surface area contributed by atoms with Crippen molar-refractivity contribution in [2.45, 2.75) is 51.0 Å². The summed E-state index contributed by atoms with van der Waals surface area (Å²) >= 11 is 6.30. The molecule has 1 aliphatic rings. The standard InChI is InChI=1S/C14H20ClN/c1-3-14(4-2)9-8-12(16)13-10(14)6-5-7-11(13)15/h5-7,12H,3-4,8-9,16H2,1-2H3. The summed E-state index contributed by atoms with van der Waals surface area (Å²) in [5, 5.41) is 0.843. The third kappa shape index (κ3) is 1.66. The Bertz CT molecular complexity index is 382. The van der Waals surface area contributed by atoms with Crippen molar-refractivity contribution in [1.29, 1.82) is 0 Å². The van der Waals surface area contributed by atoms with Crippen LogP contribution in [0.15, 0.2) is 18.2 Å². The zero-order chi connectivity index (χ0) is 11.8. The summed E-state index contributed by atoms with van der Waals surface area (Å²) < 4.78 is 0. The van der Waals surface area contributed by atoms with E-state index in [4.69, 9.17) is 17.3 Å². The van der Waals surface area contributed by atoms with Crippen LogP contribution < -0.4 is 5.73 Å². The maximum absolute atomic E-state index is 6.30. The molecule has 1 unspecified atom stereocenters. The van der Waals surface area contributed by atoms with E-state index in [1.165, 1.54) is 30.4 Å². The average molecular weight is 238 g/mol. The van der Waals surface area contributed by atoms with Gasteiger partial charge in [-0.25, -0.2) is 0 Å². The average Bonchev–Trinajstić information content (AvgIpc) is 2.31. The van der Waals surface area contributed by atoms with Gasteiger partial charge in [-0.1, -0.05) is 37.6 Å². The highest BCUT2D eigenvalue weighted by Crippen LogP contribution is 2.47. The van der Waals surface area contributed by atoms with E-state index >= 15 is 0 Å². The van der Waals surface area contributed by atoms with Gasteiger partial charge in [-0.15, -0.1) is 0 Å². The van der Waals surface area contributed by atoms with Gasteiger partial charge in [0.15, 0.2) is 0 Å². The number of fused-ring (bicyclic) bond motifs is 1. The Morgan fingerprint density at radius 3 is 2.69 bits per heavy atom. The molecule has 0 heterocycles. The maximum Gasteiger partial charge on any atom is 0.0456 e. The van der Waals surface area contributed by atoms with E-state index in [9.17, 15) is 0 Å². The second kappa shape index (κ2) is 4.38. The Labute approximate surface area is 103 Å². The van der Waals surface area contributed by atoms with Crippen LogP contribution in [0.3, 0.4) is 0 Å². The molecule has 0 radical (unpaired) electrons. The summed E-state index contributed by atoms with van der Waals surface area (Å²) in [5.74, 6) is 0. The van der Waals surface area contributed by atoms with Gasteiger partial charge in [-0.3, -0.25) is 0 Å². The second-order valence-corrected chi connectivity index (χ2v) is 5.24. The number of hydrogen-bond donors (Lipinski definition) is 1. The predicted octanol–water partition coefficient (Wildman–Crippen LogP) is 4.19. The van der Waals surface area contributed by atoms with Gasteiger partial charge in [-0.2, -0.15) is 0 Å². The summed E-state index contributed by atoms with van der Waals surface area (Å²) in [4.78, 5) is 0. The molecule has 2 N–H and O–H groups in total. The minimum atomic E-state index is 0.120. The fourth-order valence-electron chi connectivity index (χ4n) is 3.07. The van der Waals surface area contributed by atoms with Crippen LogP contribution in [0.25, 0.3) is 0 Å². The van der Waals surface area contributed by atoms with Gasteiger partial charge >= 0.3 is 0 Å². The molecule has 16 heavy (non-hydrogen) atoms. The van der Waals surface area contributed by atoms with Crippen molar-refractivity contribution in [3.8, 4) is 0 Å². The minimum absolute atomic E-state index is 0.120. The summed E-state index contributed by atoms with van der Waals surface area (Å²) in [6.45, 7) is 4.54. The Hall–Kier alpha value is -0.530. The van der Waals surface area contributed by atoms with Gasteiger partial charge in [0.05, 0.1) is 0 Å². The monoisotopic (exact) mass is 237 g/mol. The quantitative estimate of drug-likeness (QED) is 0.820. The molecule has 0 saturated heterocycles. The van der Waals surface area contributed by atoms with Crippen LogP contribution >= 0.6 is 11.6 Å². The number of benzene rings is 1. The molecule has 0 aliphatic heterocycles. The van der Waals surface area contributed by atoms with Crippen LogP contribution in [0.2, 0.25) is 5.02 Å². The third-order valence-electron chi connectivity index (χ3n) is 4.28. The van der Waals surface area contributed by atoms with Crippen molar-refractivity contribution in [3.05, 3.63) is 34.3 Å². The lowest BCUT2D eigenvalue weighted by molar-refractivity contribution is 0.315. The lowest BCUT2D eigenvalue weighted by atomic mass is 9.65. The summed E-state index contributed by atoms with van der Waals surface area (Å²) in [6, 6.07) is 6.35. The van der Waals surface area contributed by atoms with Crippen LogP contribution in [-0.4, -0.2) is 0 Å². The van der Waals surface area contributed by atoms with Gasteiger partial charge in [0.25, 0.3) is 0 Å². The number of halogens is 1. The molecule has 2 rings (SSSR count). The van der Waals surface area contributed by atoms with E-state index in [1.807, 2.05) is 6.07 Å². The fraction of sp³-hybridized carbons (Fsp3) is 0.571. The largest absolute Gasteiger partial charge is 0.324 e. The third-order valence-corrected chi connectivity index (χ3v) is 4.61. The Kier molecular flexibility index (Phi) is 3.27. The van der Waals surface area contributed by atoms with Crippen LogP contribution in [0.5, 0.6) is 0 Å². The van der Waals surface area contributed by atoms with E-state index in [2.05, 4.69) is 26.0 Å². The van der Waals surface area contributed by atoms with Crippen LogP contribution in [0.1, 0.15) is 56.7 Å². The van der Waals surface area contributed by atoms with E-state index < -0.39 is 0 Å². The van der Waals surface area contributed by atoms with Gasteiger partial charge in [0, 0.05) is 11.1 Å². The normalized spacial score (nSPS) is 22.9. The van der Waals surface area contributed by atoms with Crippen LogP contribution in [0, 0.1) is 0 Å². The lowest BCUT2D eigenvalue weighted by Crippen LogP contribution is -2.33. The van der Waals surface area contributed by atoms with Gasteiger partial charge in [0.2, 0.25) is 0 Å². The van der Waals surface area contributed by atoms with Crippen LogP contribution in [-0.2, 0) is 5.41 Å². The molecule has 1 nitrogen and oxygen atoms in total. The minimum Gasteiger partial charge on any atom is -0.324 e. The number of rotatable bonds is 2. The summed E-state index contributed by atoms with van der Waals surface area (Å²) in [6.07, 6.45) is 4.58. The topological polar surface area (TPSA) is 26.0 Å². The highest BCUT2D eigenvalue weighted by Gasteiger charge is 2.36. The summed E-state index contributed by atoms with van der Waals surface area (Å²) in [7, 11) is 0. The zero-order valence-corrected chi connectivity index (χ0v) is 10.8. The SMILES string of the molecule is CCC1(CC)CCC(N)c2c(Cl)cccc21. The first kappa shape index (κ1) is 11.9. The van der Waals surface area contributed by atoms with E-state index in [0.717, 1.165) is 11.4 Å². The molecular weight excluding hydrogens is 218 g/mol. The maximum atomic E-state index is 6.30. The Morgan fingerprint density at radius 2 is 2.06 bits per heavy atom. The highest BCUT2D eigenvalue weighted by atomic mass is 35.5. The number of nitrogens with two attached hydrogens (primary N) is 1. The first-order chi connectivity index (χ1) is 7.64.